The van der Waals surface area contributed by atoms with Gasteiger partial charge < -0.3 is 0 Å². The highest BCUT2D eigenvalue weighted by molar-refractivity contribution is 5.45. The van der Waals surface area contributed by atoms with Crippen molar-refractivity contribution in [3.63, 3.8) is 0 Å². The van der Waals surface area contributed by atoms with Crippen LogP contribution in [0.15, 0.2) is 60.7 Å². The Hall–Kier alpha value is -1.60. The van der Waals surface area contributed by atoms with E-state index < -0.39 is 0 Å². The average molecular weight is 315 g/mol. The van der Waals surface area contributed by atoms with Crippen LogP contribution in [-0.2, 0) is 11.1 Å². The molecule has 2 heterocycles. The molecule has 4 unspecified atom stereocenters. The molecule has 2 saturated heterocycles. The summed E-state index contributed by atoms with van der Waals surface area (Å²) in [4.78, 5) is 2.87. The van der Waals surface area contributed by atoms with Crippen LogP contribution in [0.2, 0.25) is 0 Å². The number of nitrogens with zero attached hydrogens (tertiary/aromatic N) is 1. The third-order valence-electron chi connectivity index (χ3n) is 8.39. The second kappa shape index (κ2) is 4.32. The smallest absolute Gasteiger partial charge is 0.0529 e. The summed E-state index contributed by atoms with van der Waals surface area (Å²) in [7, 11) is 2.46. The molecule has 0 N–H and O–H groups in total. The standard InChI is InChI=1S/C23H25N/c1-24-22(16-8-4-2-5-9-16)18-12-13-19(22)21-15-14-20(18)23(21,24)17-10-6-3-7-11-17/h2-11,18-21H,12-15H2,1H3. The summed E-state index contributed by atoms with van der Waals surface area (Å²) in [5, 5.41) is 0. The first kappa shape index (κ1) is 13.7. The lowest BCUT2D eigenvalue weighted by molar-refractivity contribution is 0.106. The summed E-state index contributed by atoms with van der Waals surface area (Å²) in [6, 6.07) is 23.0. The fourth-order valence-corrected chi connectivity index (χ4v) is 8.13. The van der Waals surface area contributed by atoms with Crippen LogP contribution in [0.1, 0.15) is 36.8 Å². The van der Waals surface area contributed by atoms with Gasteiger partial charge in [-0.15, -0.1) is 0 Å². The van der Waals surface area contributed by atoms with Gasteiger partial charge in [0.05, 0.1) is 11.1 Å². The predicted molar refractivity (Wildman–Crippen MR) is 96.4 cm³/mol. The van der Waals surface area contributed by atoms with E-state index in [-0.39, 0.29) is 0 Å². The van der Waals surface area contributed by atoms with Crippen molar-refractivity contribution in [1.82, 2.24) is 4.90 Å². The topological polar surface area (TPSA) is 3.24 Å². The summed E-state index contributed by atoms with van der Waals surface area (Å²) < 4.78 is 0. The van der Waals surface area contributed by atoms with E-state index in [0.29, 0.717) is 11.1 Å². The van der Waals surface area contributed by atoms with E-state index in [1.54, 1.807) is 11.1 Å². The number of hydrogen-bond acceptors (Lipinski definition) is 1. The highest BCUT2D eigenvalue weighted by atomic mass is 15.3. The van der Waals surface area contributed by atoms with Crippen LogP contribution in [0.5, 0.6) is 0 Å². The first-order valence-corrected chi connectivity index (χ1v) is 9.67. The van der Waals surface area contributed by atoms with Gasteiger partial charge in [0, 0.05) is 0 Å². The molecule has 122 valence electrons. The van der Waals surface area contributed by atoms with E-state index in [1.165, 1.54) is 25.7 Å². The van der Waals surface area contributed by atoms with Crippen molar-refractivity contribution in [3.05, 3.63) is 71.8 Å². The van der Waals surface area contributed by atoms with Crippen LogP contribution in [0.3, 0.4) is 0 Å². The minimum Gasteiger partial charge on any atom is -0.286 e. The molecule has 0 spiro atoms. The third kappa shape index (κ3) is 1.19. The molecule has 0 amide bonds. The van der Waals surface area contributed by atoms with Crippen molar-refractivity contribution in [1.29, 1.82) is 0 Å². The van der Waals surface area contributed by atoms with Crippen LogP contribution >= 0.6 is 0 Å². The van der Waals surface area contributed by atoms with Gasteiger partial charge in [0.1, 0.15) is 0 Å². The number of benzene rings is 2. The number of rotatable bonds is 2. The Morgan fingerprint density at radius 2 is 0.958 bits per heavy atom. The lowest BCUT2D eigenvalue weighted by atomic mass is 9.62. The normalized spacial score (nSPS) is 45.2. The van der Waals surface area contributed by atoms with Crippen LogP contribution in [0.25, 0.3) is 0 Å². The molecule has 0 aromatic heterocycles. The quantitative estimate of drug-likeness (QED) is 0.770. The Balaban J connectivity index is 1.65. The van der Waals surface area contributed by atoms with E-state index in [2.05, 4.69) is 72.6 Å². The Morgan fingerprint density at radius 3 is 1.29 bits per heavy atom. The van der Waals surface area contributed by atoms with Gasteiger partial charge in [0.25, 0.3) is 0 Å². The zero-order valence-corrected chi connectivity index (χ0v) is 14.4. The van der Waals surface area contributed by atoms with Crippen molar-refractivity contribution < 1.29 is 0 Å². The highest BCUT2D eigenvalue weighted by Crippen LogP contribution is 2.80. The molecule has 2 bridgehead atoms. The minimum atomic E-state index is 0.295. The SMILES string of the molecule is CN1C2(c3ccccc3)C3CCC2C2CCC3C21c1ccccc1. The molecular formula is C23H25N. The molecule has 4 fully saturated rings. The molecule has 4 aliphatic rings. The van der Waals surface area contributed by atoms with Gasteiger partial charge in [-0.05, 0) is 67.5 Å². The van der Waals surface area contributed by atoms with Crippen molar-refractivity contribution >= 4 is 0 Å². The summed E-state index contributed by atoms with van der Waals surface area (Å²) in [6.45, 7) is 0. The fraction of sp³-hybridized carbons (Fsp3) is 0.478. The molecular weight excluding hydrogens is 290 g/mol. The molecule has 2 aromatic rings. The predicted octanol–water partition coefficient (Wildman–Crippen LogP) is 4.79. The Labute approximate surface area is 144 Å². The second-order valence-corrected chi connectivity index (χ2v) is 8.52. The Kier molecular flexibility index (Phi) is 2.46. The van der Waals surface area contributed by atoms with E-state index in [9.17, 15) is 0 Å². The minimum absolute atomic E-state index is 0.295. The first-order chi connectivity index (χ1) is 11.8. The maximum Gasteiger partial charge on any atom is 0.0529 e. The summed E-state index contributed by atoms with van der Waals surface area (Å²) in [6.07, 6.45) is 5.72. The maximum absolute atomic E-state index is 2.87. The molecule has 2 aromatic carbocycles. The van der Waals surface area contributed by atoms with Gasteiger partial charge in [-0.1, -0.05) is 60.7 Å². The Morgan fingerprint density at radius 1 is 0.625 bits per heavy atom. The van der Waals surface area contributed by atoms with Gasteiger partial charge >= 0.3 is 0 Å². The van der Waals surface area contributed by atoms with Crippen molar-refractivity contribution in [2.75, 3.05) is 7.05 Å². The first-order valence-electron chi connectivity index (χ1n) is 9.67. The fourth-order valence-electron chi connectivity index (χ4n) is 8.13. The molecule has 2 aliphatic heterocycles. The third-order valence-corrected chi connectivity index (χ3v) is 8.39. The molecule has 24 heavy (non-hydrogen) atoms. The number of hydrogen-bond donors (Lipinski definition) is 0. The zero-order valence-electron chi connectivity index (χ0n) is 14.4. The van der Waals surface area contributed by atoms with E-state index in [0.717, 1.165) is 23.7 Å². The largest absolute Gasteiger partial charge is 0.286 e. The molecule has 2 aliphatic carbocycles. The zero-order chi connectivity index (χ0) is 15.9. The van der Waals surface area contributed by atoms with Crippen molar-refractivity contribution in [2.24, 2.45) is 23.7 Å². The second-order valence-electron chi connectivity index (χ2n) is 8.52. The van der Waals surface area contributed by atoms with Gasteiger partial charge in [-0.2, -0.15) is 0 Å². The summed E-state index contributed by atoms with van der Waals surface area (Å²) in [5.41, 5.74) is 3.77. The van der Waals surface area contributed by atoms with E-state index >= 15 is 0 Å². The van der Waals surface area contributed by atoms with Gasteiger partial charge in [-0.3, -0.25) is 4.90 Å². The lowest BCUT2D eigenvalue weighted by Crippen LogP contribution is -2.43. The summed E-state index contributed by atoms with van der Waals surface area (Å²) >= 11 is 0. The van der Waals surface area contributed by atoms with Crippen molar-refractivity contribution in [3.8, 4) is 0 Å². The van der Waals surface area contributed by atoms with Crippen LogP contribution in [-0.4, -0.2) is 11.9 Å². The maximum atomic E-state index is 2.87. The molecule has 2 saturated carbocycles. The number of fused-ring (bicyclic) bond motifs is 2. The van der Waals surface area contributed by atoms with Crippen LogP contribution in [0, 0.1) is 23.7 Å². The van der Waals surface area contributed by atoms with E-state index in [4.69, 9.17) is 0 Å². The summed E-state index contributed by atoms with van der Waals surface area (Å²) in [5.74, 6) is 3.37. The van der Waals surface area contributed by atoms with Gasteiger partial charge in [0.15, 0.2) is 0 Å². The lowest BCUT2D eigenvalue weighted by Gasteiger charge is -2.39. The average Bonchev–Trinajstić information content (AvgIpc) is 3.24. The molecule has 1 heteroatoms. The van der Waals surface area contributed by atoms with Crippen molar-refractivity contribution in [2.45, 2.75) is 36.8 Å². The van der Waals surface area contributed by atoms with Gasteiger partial charge in [0.2, 0.25) is 0 Å². The van der Waals surface area contributed by atoms with Crippen LogP contribution < -0.4 is 0 Å². The molecule has 4 atom stereocenters. The molecule has 0 radical (unpaired) electrons. The van der Waals surface area contributed by atoms with E-state index in [1.807, 2.05) is 0 Å². The van der Waals surface area contributed by atoms with Gasteiger partial charge in [-0.25, -0.2) is 0 Å². The molecule has 6 rings (SSSR count). The Bertz CT molecular complexity index is 693. The van der Waals surface area contributed by atoms with Crippen LogP contribution in [0.4, 0.5) is 0 Å². The highest BCUT2D eigenvalue weighted by Gasteiger charge is 2.81. The molecule has 1 nitrogen and oxygen atoms in total. The monoisotopic (exact) mass is 315 g/mol.